The van der Waals surface area contributed by atoms with Crippen LogP contribution < -0.4 is 0 Å². The van der Waals surface area contributed by atoms with E-state index in [9.17, 15) is 0 Å². The van der Waals surface area contributed by atoms with Gasteiger partial charge < -0.3 is 4.74 Å². The first-order valence-electron chi connectivity index (χ1n) is 9.56. The Kier molecular flexibility index (Phi) is 6.88. The Bertz CT molecular complexity index is 542. The second-order valence-corrected chi connectivity index (χ2v) is 12.6. The number of hydrogen-bond acceptors (Lipinski definition) is 1. The summed E-state index contributed by atoms with van der Waals surface area (Å²) in [6.07, 6.45) is 3.99. The molecule has 0 bridgehead atoms. The molecular weight excluding hydrogens is 324 g/mol. The van der Waals surface area contributed by atoms with E-state index in [2.05, 4.69) is 67.2 Å². The zero-order valence-corrected chi connectivity index (χ0v) is 17.4. The standard InChI is InChI=1S/C21H30OSi2/c1-24(20-14-8-9-15-22-20)17-16-23-21(18-10-4-2-5-11-18)19-12-6-3-7-13-19/h2-7,10-13,20-21,24H,8-9,14-17,23H2,1H3. The van der Waals surface area contributed by atoms with Crippen LogP contribution in [0.15, 0.2) is 60.7 Å². The highest BCUT2D eigenvalue weighted by molar-refractivity contribution is 6.60. The summed E-state index contributed by atoms with van der Waals surface area (Å²) in [5.74, 6) is 0. The molecule has 1 fully saturated rings. The van der Waals surface area contributed by atoms with E-state index in [1.165, 1.54) is 42.5 Å². The molecule has 2 aromatic carbocycles. The zero-order chi connectivity index (χ0) is 16.6. The molecule has 2 atom stereocenters. The fraction of sp³-hybridized carbons (Fsp3) is 0.429. The molecule has 3 rings (SSSR count). The normalized spacial score (nSPS) is 19.8. The van der Waals surface area contributed by atoms with Gasteiger partial charge in [-0.05, 0) is 35.9 Å². The molecule has 0 N–H and O–H groups in total. The molecule has 1 nitrogen and oxygen atoms in total. The molecule has 0 spiro atoms. The third-order valence-corrected chi connectivity index (χ3v) is 11.7. The molecular formula is C21H30OSi2. The lowest BCUT2D eigenvalue weighted by atomic mass is 10.0. The number of hydrogen-bond donors (Lipinski definition) is 0. The van der Waals surface area contributed by atoms with Gasteiger partial charge in [-0.3, -0.25) is 0 Å². The van der Waals surface area contributed by atoms with Crippen LogP contribution in [-0.4, -0.2) is 30.7 Å². The van der Waals surface area contributed by atoms with Gasteiger partial charge in [0.05, 0.1) is 8.80 Å². The smallest absolute Gasteiger partial charge is 0.0683 e. The van der Waals surface area contributed by atoms with E-state index in [0.717, 1.165) is 6.61 Å². The van der Waals surface area contributed by atoms with E-state index in [0.29, 0.717) is 11.3 Å². The van der Waals surface area contributed by atoms with E-state index < -0.39 is 8.80 Å². The molecule has 0 amide bonds. The van der Waals surface area contributed by atoms with Gasteiger partial charge >= 0.3 is 0 Å². The van der Waals surface area contributed by atoms with Crippen LogP contribution in [0.1, 0.15) is 35.9 Å². The Morgan fingerprint density at radius 2 is 1.62 bits per heavy atom. The summed E-state index contributed by atoms with van der Waals surface area (Å²) >= 11 is 0. The van der Waals surface area contributed by atoms with Crippen LogP contribution in [-0.2, 0) is 4.74 Å². The number of ether oxygens (including phenoxy) is 1. The predicted molar refractivity (Wildman–Crippen MR) is 109 cm³/mol. The van der Waals surface area contributed by atoms with Crippen LogP contribution in [0.5, 0.6) is 0 Å². The van der Waals surface area contributed by atoms with Gasteiger partial charge in [-0.15, -0.1) is 0 Å². The third-order valence-electron chi connectivity index (χ3n) is 5.41. The van der Waals surface area contributed by atoms with Crippen LogP contribution in [0.2, 0.25) is 18.6 Å². The van der Waals surface area contributed by atoms with Gasteiger partial charge in [0.25, 0.3) is 0 Å². The van der Waals surface area contributed by atoms with E-state index >= 15 is 0 Å². The molecule has 3 heteroatoms. The molecule has 1 saturated heterocycles. The minimum absolute atomic E-state index is 0.170. The molecule has 128 valence electrons. The molecule has 0 aliphatic carbocycles. The third kappa shape index (κ3) is 4.92. The quantitative estimate of drug-likeness (QED) is 0.673. The van der Waals surface area contributed by atoms with Crippen molar-refractivity contribution in [3.05, 3.63) is 71.8 Å². The highest BCUT2D eigenvalue weighted by Gasteiger charge is 2.22. The molecule has 0 aromatic heterocycles. The Morgan fingerprint density at radius 3 is 2.17 bits per heavy atom. The first-order chi connectivity index (χ1) is 11.8. The fourth-order valence-corrected chi connectivity index (χ4v) is 10.7. The highest BCUT2D eigenvalue weighted by Crippen LogP contribution is 2.26. The van der Waals surface area contributed by atoms with Gasteiger partial charge in [-0.1, -0.05) is 79.3 Å². The van der Waals surface area contributed by atoms with Gasteiger partial charge in [-0.2, -0.15) is 0 Å². The summed E-state index contributed by atoms with van der Waals surface area (Å²) in [4.78, 5) is 0. The Hall–Kier alpha value is -1.17. The molecule has 24 heavy (non-hydrogen) atoms. The first-order valence-corrected chi connectivity index (χ1v) is 14.0. The molecule has 2 unspecified atom stereocenters. The summed E-state index contributed by atoms with van der Waals surface area (Å²) in [7, 11) is -0.888. The van der Waals surface area contributed by atoms with E-state index in [-0.39, 0.29) is 9.52 Å². The number of rotatable bonds is 7. The maximum atomic E-state index is 6.04. The Morgan fingerprint density at radius 1 is 1.00 bits per heavy atom. The SMILES string of the molecule is C[SiH](CC[SiH2]C(c1ccccc1)c1ccccc1)C1CCCCO1. The Balaban J connectivity index is 1.60. The van der Waals surface area contributed by atoms with Crippen LogP contribution in [0.3, 0.4) is 0 Å². The number of benzene rings is 2. The van der Waals surface area contributed by atoms with Crippen molar-refractivity contribution in [3.8, 4) is 0 Å². The lowest BCUT2D eigenvalue weighted by molar-refractivity contribution is 0.0627. The van der Waals surface area contributed by atoms with Crippen molar-refractivity contribution in [2.45, 2.75) is 49.2 Å². The monoisotopic (exact) mass is 354 g/mol. The minimum atomic E-state index is -0.718. The maximum Gasteiger partial charge on any atom is 0.0683 e. The lowest BCUT2D eigenvalue weighted by Crippen LogP contribution is -2.33. The largest absolute Gasteiger partial charge is 0.382 e. The fourth-order valence-electron chi connectivity index (χ4n) is 3.94. The first kappa shape index (κ1) is 17.7. The van der Waals surface area contributed by atoms with Gasteiger partial charge in [0.15, 0.2) is 0 Å². The lowest BCUT2D eigenvalue weighted by Gasteiger charge is -2.27. The molecule has 1 aliphatic rings. The van der Waals surface area contributed by atoms with Gasteiger partial charge in [-0.25, -0.2) is 0 Å². The summed E-state index contributed by atoms with van der Waals surface area (Å²) < 4.78 is 6.04. The van der Waals surface area contributed by atoms with E-state index in [1.54, 1.807) is 0 Å². The summed E-state index contributed by atoms with van der Waals surface area (Å²) in [6.45, 7) is 3.54. The topological polar surface area (TPSA) is 9.23 Å². The van der Waals surface area contributed by atoms with Crippen LogP contribution in [0, 0.1) is 0 Å². The van der Waals surface area contributed by atoms with E-state index in [1.807, 2.05) is 0 Å². The van der Waals surface area contributed by atoms with Gasteiger partial charge in [0, 0.05) is 21.9 Å². The van der Waals surface area contributed by atoms with Gasteiger partial charge in [0.2, 0.25) is 0 Å². The predicted octanol–water partition coefficient (Wildman–Crippen LogP) is 4.33. The van der Waals surface area contributed by atoms with Crippen molar-refractivity contribution < 1.29 is 4.74 Å². The van der Waals surface area contributed by atoms with Crippen molar-refractivity contribution in [2.75, 3.05) is 6.61 Å². The second-order valence-electron chi connectivity index (χ2n) is 7.19. The van der Waals surface area contributed by atoms with Crippen molar-refractivity contribution in [3.63, 3.8) is 0 Å². The van der Waals surface area contributed by atoms with Crippen LogP contribution in [0.4, 0.5) is 0 Å². The molecule has 2 aromatic rings. The Labute approximate surface area is 150 Å². The summed E-state index contributed by atoms with van der Waals surface area (Å²) in [5, 5.41) is 0. The molecule has 0 saturated carbocycles. The average molecular weight is 355 g/mol. The summed E-state index contributed by atoms with van der Waals surface area (Å²) in [5.41, 5.74) is 4.35. The molecule has 1 heterocycles. The van der Waals surface area contributed by atoms with Gasteiger partial charge in [0.1, 0.15) is 0 Å². The van der Waals surface area contributed by atoms with Crippen molar-refractivity contribution in [1.82, 2.24) is 0 Å². The van der Waals surface area contributed by atoms with Crippen LogP contribution in [0.25, 0.3) is 0 Å². The van der Waals surface area contributed by atoms with E-state index in [4.69, 9.17) is 4.74 Å². The maximum absolute atomic E-state index is 6.04. The minimum Gasteiger partial charge on any atom is -0.382 e. The average Bonchev–Trinajstić information content (AvgIpc) is 2.67. The van der Waals surface area contributed by atoms with Crippen molar-refractivity contribution in [2.24, 2.45) is 0 Å². The second kappa shape index (κ2) is 9.35. The van der Waals surface area contributed by atoms with Crippen molar-refractivity contribution in [1.29, 1.82) is 0 Å². The summed E-state index contributed by atoms with van der Waals surface area (Å²) in [6, 6.07) is 25.2. The van der Waals surface area contributed by atoms with Crippen molar-refractivity contribution >= 4 is 18.3 Å². The molecule has 1 aliphatic heterocycles. The van der Waals surface area contributed by atoms with Crippen LogP contribution >= 0.6 is 0 Å². The zero-order valence-electron chi connectivity index (χ0n) is 14.9. The molecule has 0 radical (unpaired) electrons. The highest BCUT2D eigenvalue weighted by atomic mass is 28.3.